The Morgan fingerprint density at radius 2 is 2.15 bits per heavy atom. The molecule has 1 aliphatic heterocycles. The highest BCUT2D eigenvalue weighted by atomic mass is 32.2. The smallest absolute Gasteiger partial charge is 0.241 e. The lowest BCUT2D eigenvalue weighted by Gasteiger charge is -2.27. The van der Waals surface area contributed by atoms with E-state index >= 15 is 0 Å². The number of hydrogen-bond acceptors (Lipinski definition) is 5. The van der Waals surface area contributed by atoms with Crippen molar-refractivity contribution in [2.75, 3.05) is 13.6 Å². The van der Waals surface area contributed by atoms with Gasteiger partial charge in [0.1, 0.15) is 0 Å². The third-order valence-electron chi connectivity index (χ3n) is 5.64. The van der Waals surface area contributed by atoms with Crippen molar-refractivity contribution in [1.82, 2.24) is 19.4 Å². The number of aliphatic hydroxyl groups excluding tert-OH is 1. The van der Waals surface area contributed by atoms with Crippen LogP contribution in [0.4, 0.5) is 0 Å². The number of likely N-dealkylation sites (N-methyl/N-ethyl adjacent to an activating group) is 1. The lowest BCUT2D eigenvalue weighted by molar-refractivity contribution is 0.154. The number of sulfonamides is 1. The molecular weight excluding hydrogens is 364 g/mol. The standard InChI is InChI=1S/C19H26N4O3S/c1-22-9-6-16-15(13-22)4-2-5-19(16)27(25,26)21-17-10-14(11-18(17)24)12-23-8-3-7-20-23/h2-5,7-8,14,17-18,21,24H,6,9-13H2,1H3/t14?,17-,18-/m1/s1. The summed E-state index contributed by atoms with van der Waals surface area (Å²) in [5, 5.41) is 14.6. The number of nitrogens with zero attached hydrogens (tertiary/aromatic N) is 3. The molecule has 1 unspecified atom stereocenters. The van der Waals surface area contributed by atoms with E-state index in [1.807, 2.05) is 30.1 Å². The topological polar surface area (TPSA) is 87.5 Å². The maximum Gasteiger partial charge on any atom is 0.241 e. The summed E-state index contributed by atoms with van der Waals surface area (Å²) in [6, 6.07) is 6.88. The van der Waals surface area contributed by atoms with Crippen molar-refractivity contribution in [3.05, 3.63) is 47.8 Å². The van der Waals surface area contributed by atoms with E-state index in [1.54, 1.807) is 18.3 Å². The Hall–Kier alpha value is -1.74. The minimum Gasteiger partial charge on any atom is -0.391 e. The fraction of sp³-hybridized carbons (Fsp3) is 0.526. The summed E-state index contributed by atoms with van der Waals surface area (Å²) in [6.45, 7) is 2.30. The lowest BCUT2D eigenvalue weighted by Crippen LogP contribution is -2.40. The van der Waals surface area contributed by atoms with Gasteiger partial charge >= 0.3 is 0 Å². The molecule has 1 aromatic carbocycles. The van der Waals surface area contributed by atoms with Gasteiger partial charge in [0.15, 0.2) is 0 Å². The Labute approximate surface area is 160 Å². The summed E-state index contributed by atoms with van der Waals surface area (Å²) in [4.78, 5) is 2.54. The van der Waals surface area contributed by atoms with Gasteiger partial charge in [-0.1, -0.05) is 12.1 Å². The highest BCUT2D eigenvalue weighted by molar-refractivity contribution is 7.89. The van der Waals surface area contributed by atoms with Crippen LogP contribution in [0, 0.1) is 5.92 Å². The van der Waals surface area contributed by atoms with E-state index in [0.717, 1.165) is 30.6 Å². The van der Waals surface area contributed by atoms with E-state index in [9.17, 15) is 13.5 Å². The van der Waals surface area contributed by atoms with Crippen molar-refractivity contribution in [3.63, 3.8) is 0 Å². The molecule has 0 spiro atoms. The molecule has 0 amide bonds. The molecule has 0 saturated heterocycles. The predicted molar refractivity (Wildman–Crippen MR) is 102 cm³/mol. The lowest BCUT2D eigenvalue weighted by atomic mass is 10.0. The van der Waals surface area contributed by atoms with E-state index in [-0.39, 0.29) is 5.92 Å². The van der Waals surface area contributed by atoms with Gasteiger partial charge in [0, 0.05) is 38.1 Å². The van der Waals surface area contributed by atoms with Crippen molar-refractivity contribution in [1.29, 1.82) is 0 Å². The number of rotatable bonds is 5. The average molecular weight is 391 g/mol. The second kappa shape index (κ2) is 7.35. The molecule has 4 rings (SSSR count). The SMILES string of the molecule is CN1CCc2c(cccc2S(=O)(=O)N[C@@H]2CC(Cn3cccn3)C[C@H]2O)C1. The third kappa shape index (κ3) is 3.94. The molecule has 146 valence electrons. The van der Waals surface area contributed by atoms with Crippen LogP contribution in [0.5, 0.6) is 0 Å². The Bertz CT molecular complexity index is 898. The summed E-state index contributed by atoms with van der Waals surface area (Å²) in [7, 11) is -1.63. The van der Waals surface area contributed by atoms with Crippen molar-refractivity contribution >= 4 is 10.0 Å². The molecule has 27 heavy (non-hydrogen) atoms. The van der Waals surface area contributed by atoms with E-state index in [1.165, 1.54) is 0 Å². The van der Waals surface area contributed by atoms with Crippen LogP contribution in [0.1, 0.15) is 24.0 Å². The first-order chi connectivity index (χ1) is 12.9. The molecule has 2 N–H and O–H groups in total. The van der Waals surface area contributed by atoms with E-state index in [2.05, 4.69) is 14.7 Å². The monoisotopic (exact) mass is 390 g/mol. The summed E-state index contributed by atoms with van der Waals surface area (Å²) >= 11 is 0. The van der Waals surface area contributed by atoms with Gasteiger partial charge in [0.05, 0.1) is 11.0 Å². The maximum absolute atomic E-state index is 13.1. The molecule has 8 heteroatoms. The molecule has 7 nitrogen and oxygen atoms in total. The molecule has 2 aromatic rings. The van der Waals surface area contributed by atoms with Crippen LogP contribution in [0.25, 0.3) is 0 Å². The van der Waals surface area contributed by atoms with E-state index in [0.29, 0.717) is 24.3 Å². The second-order valence-electron chi connectivity index (χ2n) is 7.74. The molecule has 3 atom stereocenters. The number of benzene rings is 1. The maximum atomic E-state index is 13.1. The Morgan fingerprint density at radius 1 is 1.30 bits per heavy atom. The van der Waals surface area contributed by atoms with Gasteiger partial charge in [-0.2, -0.15) is 5.10 Å². The van der Waals surface area contributed by atoms with Gasteiger partial charge in [-0.25, -0.2) is 13.1 Å². The molecule has 1 aliphatic carbocycles. The Morgan fingerprint density at radius 3 is 2.93 bits per heavy atom. The zero-order valence-corrected chi connectivity index (χ0v) is 16.3. The van der Waals surface area contributed by atoms with Crippen molar-refractivity contribution in [3.8, 4) is 0 Å². The minimum absolute atomic E-state index is 0.200. The third-order valence-corrected chi connectivity index (χ3v) is 7.22. The minimum atomic E-state index is -3.67. The molecule has 1 saturated carbocycles. The number of aliphatic hydroxyl groups is 1. The first-order valence-corrected chi connectivity index (χ1v) is 10.9. The van der Waals surface area contributed by atoms with Crippen LogP contribution in [0.2, 0.25) is 0 Å². The summed E-state index contributed by atoms with van der Waals surface area (Å²) in [6.07, 6.45) is 4.84. The summed E-state index contributed by atoms with van der Waals surface area (Å²) < 4.78 is 30.7. The van der Waals surface area contributed by atoms with E-state index < -0.39 is 22.2 Å². The zero-order chi connectivity index (χ0) is 19.0. The Kier molecular flexibility index (Phi) is 5.07. The molecular formula is C19H26N4O3S. The fourth-order valence-electron chi connectivity index (χ4n) is 4.30. The first-order valence-electron chi connectivity index (χ1n) is 9.39. The number of nitrogens with one attached hydrogen (secondary N) is 1. The van der Waals surface area contributed by atoms with Crippen LogP contribution in [-0.4, -0.2) is 53.9 Å². The predicted octanol–water partition coefficient (Wildman–Crippen LogP) is 0.989. The Balaban J connectivity index is 1.50. The second-order valence-corrected chi connectivity index (χ2v) is 9.42. The quantitative estimate of drug-likeness (QED) is 0.795. The van der Waals surface area contributed by atoms with Crippen LogP contribution < -0.4 is 4.72 Å². The van der Waals surface area contributed by atoms with Crippen LogP contribution in [-0.2, 0) is 29.5 Å². The van der Waals surface area contributed by atoms with Gasteiger partial charge in [-0.05, 0) is 55.5 Å². The molecule has 1 fully saturated rings. The van der Waals surface area contributed by atoms with Crippen molar-refractivity contribution < 1.29 is 13.5 Å². The molecule has 0 bridgehead atoms. The zero-order valence-electron chi connectivity index (χ0n) is 15.5. The summed E-state index contributed by atoms with van der Waals surface area (Å²) in [5.74, 6) is 0.200. The van der Waals surface area contributed by atoms with Crippen LogP contribution in [0.3, 0.4) is 0 Å². The van der Waals surface area contributed by atoms with Gasteiger partial charge in [0.25, 0.3) is 0 Å². The van der Waals surface area contributed by atoms with E-state index in [4.69, 9.17) is 0 Å². The van der Waals surface area contributed by atoms with Crippen LogP contribution >= 0.6 is 0 Å². The molecule has 2 heterocycles. The fourth-order valence-corrected chi connectivity index (χ4v) is 5.89. The molecule has 2 aliphatic rings. The number of aromatic nitrogens is 2. The highest BCUT2D eigenvalue weighted by Gasteiger charge is 2.37. The van der Waals surface area contributed by atoms with Gasteiger partial charge < -0.3 is 10.0 Å². The largest absolute Gasteiger partial charge is 0.391 e. The van der Waals surface area contributed by atoms with Crippen LogP contribution in [0.15, 0.2) is 41.6 Å². The number of hydrogen-bond donors (Lipinski definition) is 2. The van der Waals surface area contributed by atoms with Gasteiger partial charge in [-0.3, -0.25) is 4.68 Å². The van der Waals surface area contributed by atoms with Crippen molar-refractivity contribution in [2.24, 2.45) is 5.92 Å². The average Bonchev–Trinajstić information content (AvgIpc) is 3.24. The summed E-state index contributed by atoms with van der Waals surface area (Å²) in [5.41, 5.74) is 1.97. The van der Waals surface area contributed by atoms with Gasteiger partial charge in [-0.15, -0.1) is 0 Å². The normalized spacial score (nSPS) is 26.2. The highest BCUT2D eigenvalue weighted by Crippen LogP contribution is 2.30. The molecule has 1 aromatic heterocycles. The molecule has 0 radical (unpaired) electrons. The first kappa shape index (κ1) is 18.6. The number of fused-ring (bicyclic) bond motifs is 1. The van der Waals surface area contributed by atoms with Gasteiger partial charge in [0.2, 0.25) is 10.0 Å². The van der Waals surface area contributed by atoms with Crippen molar-refractivity contribution in [2.45, 2.75) is 49.4 Å².